The number of hydrogen-bond acceptors (Lipinski definition) is 3. The molecule has 1 aliphatic heterocycles. The van der Waals surface area contributed by atoms with Crippen molar-refractivity contribution in [2.45, 2.75) is 43.6 Å². The van der Waals surface area contributed by atoms with Gasteiger partial charge in [-0.05, 0) is 31.7 Å². The van der Waals surface area contributed by atoms with Crippen LogP contribution in [0.3, 0.4) is 0 Å². The van der Waals surface area contributed by atoms with Gasteiger partial charge in [-0.3, -0.25) is 14.5 Å². The smallest absolute Gasteiger partial charge is 0.330 e. The predicted octanol–water partition coefficient (Wildman–Crippen LogP) is 1.71. The Bertz CT molecular complexity index is 620. The van der Waals surface area contributed by atoms with Gasteiger partial charge in [-0.1, -0.05) is 30.3 Å². The number of rotatable bonds is 3. The van der Waals surface area contributed by atoms with Crippen molar-refractivity contribution < 1.29 is 19.5 Å². The first kappa shape index (κ1) is 13.8. The first-order chi connectivity index (χ1) is 9.92. The van der Waals surface area contributed by atoms with Gasteiger partial charge in [0.25, 0.3) is 0 Å². The highest BCUT2D eigenvalue weighted by molar-refractivity contribution is 6.12. The van der Waals surface area contributed by atoms with Crippen molar-refractivity contribution in [1.82, 2.24) is 4.90 Å². The average molecular weight is 287 g/mol. The van der Waals surface area contributed by atoms with E-state index in [1.54, 1.807) is 6.92 Å². The van der Waals surface area contributed by atoms with Crippen molar-refractivity contribution in [3.05, 3.63) is 35.9 Å². The number of carboxylic acids is 1. The number of carbonyl (C=O) groups excluding carboxylic acids is 2. The Morgan fingerprint density at radius 1 is 1.19 bits per heavy atom. The highest BCUT2D eigenvalue weighted by Crippen LogP contribution is 2.46. The average Bonchev–Trinajstić information content (AvgIpc) is 2.63. The summed E-state index contributed by atoms with van der Waals surface area (Å²) in [4.78, 5) is 37.8. The van der Waals surface area contributed by atoms with E-state index in [9.17, 15) is 19.5 Å². The van der Waals surface area contributed by atoms with E-state index < -0.39 is 16.9 Å². The number of carbonyl (C=O) groups is 3. The summed E-state index contributed by atoms with van der Waals surface area (Å²) >= 11 is 0. The van der Waals surface area contributed by atoms with Crippen molar-refractivity contribution in [3.63, 3.8) is 0 Å². The summed E-state index contributed by atoms with van der Waals surface area (Å²) in [7, 11) is 0. The normalized spacial score (nSPS) is 27.6. The lowest BCUT2D eigenvalue weighted by Crippen LogP contribution is -2.62. The van der Waals surface area contributed by atoms with Crippen LogP contribution >= 0.6 is 0 Å². The van der Waals surface area contributed by atoms with Crippen molar-refractivity contribution >= 4 is 17.8 Å². The molecule has 21 heavy (non-hydrogen) atoms. The van der Waals surface area contributed by atoms with Gasteiger partial charge in [0, 0.05) is 6.42 Å². The first-order valence-electron chi connectivity index (χ1n) is 7.08. The highest BCUT2D eigenvalue weighted by Gasteiger charge is 2.61. The summed E-state index contributed by atoms with van der Waals surface area (Å²) in [6.45, 7) is 1.72. The van der Waals surface area contributed by atoms with E-state index in [2.05, 4.69) is 0 Å². The molecule has 2 amide bonds. The summed E-state index contributed by atoms with van der Waals surface area (Å²) in [5, 5.41) is 9.47. The molecule has 1 aromatic carbocycles. The molecule has 0 spiro atoms. The molecule has 1 N–H and O–H groups in total. The summed E-state index contributed by atoms with van der Waals surface area (Å²) < 4.78 is 0. The quantitative estimate of drug-likeness (QED) is 0.859. The van der Waals surface area contributed by atoms with Gasteiger partial charge in [-0.15, -0.1) is 0 Å². The summed E-state index contributed by atoms with van der Waals surface area (Å²) in [6, 6.07) is 9.09. The lowest BCUT2D eigenvalue weighted by atomic mass is 9.74. The van der Waals surface area contributed by atoms with Gasteiger partial charge in [0.2, 0.25) is 11.8 Å². The van der Waals surface area contributed by atoms with Gasteiger partial charge >= 0.3 is 5.97 Å². The molecule has 0 radical (unpaired) electrons. The molecular weight excluding hydrogens is 270 g/mol. The molecule has 1 unspecified atom stereocenters. The first-order valence-corrected chi connectivity index (χ1v) is 7.08. The lowest BCUT2D eigenvalue weighted by Gasteiger charge is -2.44. The fourth-order valence-corrected chi connectivity index (χ4v) is 3.33. The molecule has 1 aliphatic carbocycles. The zero-order valence-electron chi connectivity index (χ0n) is 11.8. The van der Waals surface area contributed by atoms with Gasteiger partial charge in [0.05, 0.1) is 5.41 Å². The molecule has 110 valence electrons. The van der Waals surface area contributed by atoms with E-state index in [1.165, 1.54) is 0 Å². The van der Waals surface area contributed by atoms with Gasteiger partial charge in [0.15, 0.2) is 0 Å². The molecule has 3 rings (SSSR count). The fraction of sp³-hybridized carbons (Fsp3) is 0.438. The van der Waals surface area contributed by atoms with Crippen LogP contribution in [0.2, 0.25) is 0 Å². The molecule has 0 aromatic heterocycles. The van der Waals surface area contributed by atoms with Gasteiger partial charge in [-0.2, -0.15) is 0 Å². The Balaban J connectivity index is 2.02. The molecular formula is C16H17NO4. The second kappa shape index (κ2) is 4.41. The molecule has 0 bridgehead atoms. The van der Waals surface area contributed by atoms with Crippen molar-refractivity contribution in [2.75, 3.05) is 0 Å². The largest absolute Gasteiger partial charge is 0.479 e. The van der Waals surface area contributed by atoms with Crippen LogP contribution in [-0.2, 0) is 19.8 Å². The summed E-state index contributed by atoms with van der Waals surface area (Å²) in [5.74, 6) is -1.85. The van der Waals surface area contributed by atoms with Crippen molar-refractivity contribution in [1.29, 1.82) is 0 Å². The third kappa shape index (κ3) is 1.73. The van der Waals surface area contributed by atoms with Crippen LogP contribution in [0.5, 0.6) is 0 Å². The molecule has 1 aromatic rings. The van der Waals surface area contributed by atoms with Crippen molar-refractivity contribution in [2.24, 2.45) is 0 Å². The standard InChI is InChI=1S/C16H17NO4/c1-15(11-6-3-2-4-7-11)10-12(18)17(13(15)19)16(14(20)21)8-5-9-16/h2-4,6-7H,5,8-10H2,1H3,(H,20,21). The maximum Gasteiger partial charge on any atom is 0.330 e. The van der Waals surface area contributed by atoms with E-state index in [0.29, 0.717) is 12.8 Å². The minimum atomic E-state index is -1.32. The molecule has 2 aliphatic rings. The number of amides is 2. The fourth-order valence-electron chi connectivity index (χ4n) is 3.33. The molecule has 1 saturated heterocycles. The number of carboxylic acid groups (broad SMARTS) is 1. The zero-order chi connectivity index (χ0) is 15.3. The van der Waals surface area contributed by atoms with Crippen LogP contribution in [0, 0.1) is 0 Å². The van der Waals surface area contributed by atoms with Crippen LogP contribution < -0.4 is 0 Å². The third-order valence-electron chi connectivity index (χ3n) is 4.85. The van der Waals surface area contributed by atoms with Gasteiger partial charge in [0.1, 0.15) is 5.54 Å². The Hall–Kier alpha value is -2.17. The highest BCUT2D eigenvalue weighted by atomic mass is 16.4. The molecule has 1 atom stereocenters. The Labute approximate surface area is 122 Å². The second-order valence-corrected chi connectivity index (χ2v) is 6.10. The van der Waals surface area contributed by atoms with Crippen LogP contribution in [0.15, 0.2) is 30.3 Å². The SMILES string of the molecule is CC1(c2ccccc2)CC(=O)N(C2(C(=O)O)CCC2)C1=O. The lowest BCUT2D eigenvalue weighted by molar-refractivity contribution is -0.169. The number of likely N-dealkylation sites (tertiary alicyclic amines) is 1. The number of hydrogen-bond donors (Lipinski definition) is 1. The molecule has 5 heteroatoms. The van der Waals surface area contributed by atoms with E-state index in [4.69, 9.17) is 0 Å². The van der Waals surface area contributed by atoms with Crippen LogP contribution in [0.1, 0.15) is 38.2 Å². The maximum absolute atomic E-state index is 12.8. The van der Waals surface area contributed by atoms with E-state index >= 15 is 0 Å². The minimum Gasteiger partial charge on any atom is -0.479 e. The topological polar surface area (TPSA) is 74.7 Å². The minimum absolute atomic E-state index is 0.0326. The van der Waals surface area contributed by atoms with E-state index in [0.717, 1.165) is 16.9 Å². The van der Waals surface area contributed by atoms with Crippen LogP contribution in [-0.4, -0.2) is 33.3 Å². The maximum atomic E-state index is 12.8. The Morgan fingerprint density at radius 3 is 2.29 bits per heavy atom. The Morgan fingerprint density at radius 2 is 1.81 bits per heavy atom. The Kier molecular flexibility index (Phi) is 2.90. The van der Waals surface area contributed by atoms with Crippen molar-refractivity contribution in [3.8, 4) is 0 Å². The number of imide groups is 1. The third-order valence-corrected chi connectivity index (χ3v) is 4.85. The molecule has 2 fully saturated rings. The summed E-state index contributed by atoms with van der Waals surface area (Å²) in [6.07, 6.45) is 1.46. The van der Waals surface area contributed by atoms with E-state index in [-0.39, 0.29) is 18.2 Å². The van der Waals surface area contributed by atoms with Crippen LogP contribution in [0.4, 0.5) is 0 Å². The number of nitrogens with zero attached hydrogens (tertiary/aromatic N) is 1. The summed E-state index contributed by atoms with van der Waals surface area (Å²) in [5.41, 5.74) is -1.53. The second-order valence-electron chi connectivity index (χ2n) is 6.10. The van der Waals surface area contributed by atoms with Gasteiger partial charge < -0.3 is 5.11 Å². The molecule has 1 saturated carbocycles. The zero-order valence-corrected chi connectivity index (χ0v) is 11.8. The number of aliphatic carboxylic acids is 1. The van der Waals surface area contributed by atoms with Gasteiger partial charge in [-0.25, -0.2) is 4.79 Å². The van der Waals surface area contributed by atoms with E-state index in [1.807, 2.05) is 30.3 Å². The predicted molar refractivity (Wildman–Crippen MR) is 74.5 cm³/mol. The number of benzene rings is 1. The molecule has 1 heterocycles. The molecule has 5 nitrogen and oxygen atoms in total. The monoisotopic (exact) mass is 287 g/mol. The van der Waals surface area contributed by atoms with Crippen LogP contribution in [0.25, 0.3) is 0 Å².